The zero-order valence-electron chi connectivity index (χ0n) is 15.2. The maximum atomic E-state index is 13.8. The first-order valence-electron chi connectivity index (χ1n) is 8.78. The number of fused-ring (bicyclic) bond motifs is 1. The van der Waals surface area contributed by atoms with Gasteiger partial charge in [0.05, 0.1) is 15.9 Å². The highest BCUT2D eigenvalue weighted by Gasteiger charge is 2.16. The van der Waals surface area contributed by atoms with Gasteiger partial charge >= 0.3 is 0 Å². The Morgan fingerprint density at radius 1 is 1.19 bits per heavy atom. The smallest absolute Gasteiger partial charge is 0.251 e. The van der Waals surface area contributed by atoms with Gasteiger partial charge < -0.3 is 9.80 Å². The topological polar surface area (TPSA) is 52.6 Å². The minimum Gasteiger partial charge on any atom is -0.354 e. The minimum atomic E-state index is -0.650. The number of piperazine rings is 1. The van der Waals surface area contributed by atoms with Crippen LogP contribution in [0.25, 0.3) is 20.8 Å². The number of pyridine rings is 1. The van der Waals surface area contributed by atoms with Crippen LogP contribution in [-0.2, 0) is 4.79 Å². The molecule has 0 aliphatic carbocycles. The average molecular weight is 385 g/mol. The fourth-order valence-electron chi connectivity index (χ4n) is 3.08. The van der Waals surface area contributed by atoms with E-state index in [1.807, 2.05) is 18.3 Å². The van der Waals surface area contributed by atoms with Gasteiger partial charge in [0.25, 0.3) is 5.91 Å². The number of hydrogen-bond acceptors (Lipinski definition) is 6. The third-order valence-corrected chi connectivity index (χ3v) is 5.76. The lowest BCUT2D eigenvalue weighted by atomic mass is 10.2. The molecule has 0 radical (unpaired) electrons. The van der Waals surface area contributed by atoms with Crippen molar-refractivity contribution in [2.24, 2.45) is 0 Å². The summed E-state index contributed by atoms with van der Waals surface area (Å²) in [6.45, 7) is 5.21. The number of aromatic nitrogens is 2. The van der Waals surface area contributed by atoms with Crippen molar-refractivity contribution in [1.29, 1.82) is 0 Å². The number of carbonyl (C=O) groups is 1. The number of likely N-dealkylation sites (N-methyl/N-ethyl adjacent to an activating group) is 1. The van der Waals surface area contributed by atoms with E-state index in [4.69, 9.17) is 0 Å². The molecule has 3 heterocycles. The standard InChI is InChI=1S/C19H20FN5OS/c1-13(26)25(20)15-4-5-16-17(11-15)27-19(22-16)14-3-6-18(21-12-14)24-9-7-23(2)8-10-24/h3-6,11-12H,7-10H2,1-2H3. The first kappa shape index (κ1) is 17.8. The molecule has 3 aromatic rings. The van der Waals surface area contributed by atoms with E-state index in [-0.39, 0.29) is 10.8 Å². The Bertz CT molecular complexity index is 966. The van der Waals surface area contributed by atoms with E-state index in [1.165, 1.54) is 18.3 Å². The van der Waals surface area contributed by atoms with Crippen LogP contribution >= 0.6 is 11.3 Å². The highest BCUT2D eigenvalue weighted by atomic mass is 32.1. The summed E-state index contributed by atoms with van der Waals surface area (Å²) >= 11 is 1.46. The number of halogens is 1. The minimum absolute atomic E-state index is 0.144. The Kier molecular flexibility index (Phi) is 4.75. The molecule has 27 heavy (non-hydrogen) atoms. The molecule has 1 aliphatic rings. The van der Waals surface area contributed by atoms with E-state index >= 15 is 0 Å². The van der Waals surface area contributed by atoms with E-state index in [0.717, 1.165) is 52.8 Å². The number of hydrogen-bond donors (Lipinski definition) is 0. The zero-order chi connectivity index (χ0) is 19.0. The summed E-state index contributed by atoms with van der Waals surface area (Å²) in [7, 11) is 2.13. The summed E-state index contributed by atoms with van der Waals surface area (Å²) in [6, 6.07) is 8.98. The fraction of sp³-hybridized carbons (Fsp3) is 0.316. The van der Waals surface area contributed by atoms with E-state index in [0.29, 0.717) is 0 Å². The summed E-state index contributed by atoms with van der Waals surface area (Å²) < 4.78 is 14.6. The van der Waals surface area contributed by atoms with E-state index in [1.54, 1.807) is 18.2 Å². The quantitative estimate of drug-likeness (QED) is 0.647. The van der Waals surface area contributed by atoms with E-state index < -0.39 is 5.91 Å². The lowest BCUT2D eigenvalue weighted by molar-refractivity contribution is -0.119. The van der Waals surface area contributed by atoms with Crippen LogP contribution in [0.2, 0.25) is 0 Å². The van der Waals surface area contributed by atoms with E-state index in [2.05, 4.69) is 26.8 Å². The molecule has 0 spiro atoms. The van der Waals surface area contributed by atoms with Gasteiger partial charge in [-0.2, -0.15) is 0 Å². The SMILES string of the molecule is CC(=O)N(F)c1ccc2nc(-c3ccc(N4CCN(C)CC4)nc3)sc2c1. The van der Waals surface area contributed by atoms with Gasteiger partial charge in [0, 0.05) is 44.9 Å². The molecule has 0 atom stereocenters. The van der Waals surface area contributed by atoms with Crippen molar-refractivity contribution in [3.8, 4) is 10.6 Å². The van der Waals surface area contributed by atoms with Gasteiger partial charge in [0.15, 0.2) is 0 Å². The summed E-state index contributed by atoms with van der Waals surface area (Å²) in [5.74, 6) is 0.326. The predicted molar refractivity (Wildman–Crippen MR) is 107 cm³/mol. The molecule has 0 bridgehead atoms. The largest absolute Gasteiger partial charge is 0.354 e. The first-order valence-corrected chi connectivity index (χ1v) is 9.60. The second-order valence-corrected chi connectivity index (χ2v) is 7.70. The van der Waals surface area contributed by atoms with Crippen molar-refractivity contribution >= 4 is 39.0 Å². The van der Waals surface area contributed by atoms with Gasteiger partial charge in [0.1, 0.15) is 10.8 Å². The number of thiazole rings is 1. The molecule has 1 fully saturated rings. The van der Waals surface area contributed by atoms with Gasteiger partial charge in [-0.15, -0.1) is 16.5 Å². The molecule has 6 nitrogen and oxygen atoms in total. The molecule has 0 saturated carbocycles. The fourth-order valence-corrected chi connectivity index (χ4v) is 4.06. The molecule has 1 saturated heterocycles. The molecule has 4 rings (SSSR count). The Hall–Kier alpha value is -2.58. The molecule has 1 aromatic carbocycles. The highest BCUT2D eigenvalue weighted by molar-refractivity contribution is 7.21. The maximum Gasteiger partial charge on any atom is 0.251 e. The van der Waals surface area contributed by atoms with Gasteiger partial charge in [-0.3, -0.25) is 4.79 Å². The van der Waals surface area contributed by atoms with Crippen molar-refractivity contribution in [3.63, 3.8) is 0 Å². The van der Waals surface area contributed by atoms with Crippen LogP contribution in [0.4, 0.5) is 16.0 Å². The van der Waals surface area contributed by atoms with Gasteiger partial charge in [-0.25, -0.2) is 9.97 Å². The second kappa shape index (κ2) is 7.21. The van der Waals surface area contributed by atoms with Crippen molar-refractivity contribution < 1.29 is 9.28 Å². The van der Waals surface area contributed by atoms with Crippen LogP contribution in [0.1, 0.15) is 6.92 Å². The molecule has 0 N–H and O–H groups in total. The van der Waals surface area contributed by atoms with Gasteiger partial charge in [-0.05, 0) is 37.4 Å². The van der Waals surface area contributed by atoms with Crippen molar-refractivity contribution in [1.82, 2.24) is 14.9 Å². The first-order chi connectivity index (χ1) is 13.0. The van der Waals surface area contributed by atoms with Crippen LogP contribution in [-0.4, -0.2) is 54.0 Å². The molecule has 140 valence electrons. The van der Waals surface area contributed by atoms with Crippen LogP contribution in [0.15, 0.2) is 36.5 Å². The van der Waals surface area contributed by atoms with Crippen LogP contribution in [0.3, 0.4) is 0 Å². The third-order valence-electron chi connectivity index (χ3n) is 4.70. The van der Waals surface area contributed by atoms with Crippen molar-refractivity contribution in [2.75, 3.05) is 43.2 Å². The highest BCUT2D eigenvalue weighted by Crippen LogP contribution is 2.33. The number of anilines is 2. The molecule has 8 heteroatoms. The van der Waals surface area contributed by atoms with Gasteiger partial charge in [-0.1, -0.05) is 4.48 Å². The lowest BCUT2D eigenvalue weighted by Gasteiger charge is -2.33. The Labute approximate surface area is 160 Å². The Morgan fingerprint density at radius 2 is 1.96 bits per heavy atom. The number of amides is 1. The average Bonchev–Trinajstić information content (AvgIpc) is 3.11. The van der Waals surface area contributed by atoms with E-state index in [9.17, 15) is 9.28 Å². The molecule has 0 unspecified atom stereocenters. The summed E-state index contributed by atoms with van der Waals surface area (Å²) in [6.07, 6.45) is 1.84. The predicted octanol–water partition coefficient (Wildman–Crippen LogP) is 3.35. The summed E-state index contributed by atoms with van der Waals surface area (Å²) in [4.78, 5) is 25.0. The molecule has 1 aliphatic heterocycles. The van der Waals surface area contributed by atoms with Crippen LogP contribution in [0, 0.1) is 0 Å². The number of nitrogens with zero attached hydrogens (tertiary/aromatic N) is 5. The number of benzene rings is 1. The maximum absolute atomic E-state index is 13.8. The van der Waals surface area contributed by atoms with Crippen LogP contribution < -0.4 is 10.0 Å². The molecule has 2 aromatic heterocycles. The summed E-state index contributed by atoms with van der Waals surface area (Å²) in [5, 5.41) is 0.971. The lowest BCUT2D eigenvalue weighted by Crippen LogP contribution is -2.44. The van der Waals surface area contributed by atoms with Crippen molar-refractivity contribution in [3.05, 3.63) is 36.5 Å². The second-order valence-electron chi connectivity index (χ2n) is 6.67. The Morgan fingerprint density at radius 3 is 2.63 bits per heavy atom. The Balaban J connectivity index is 1.57. The monoisotopic (exact) mass is 385 g/mol. The third kappa shape index (κ3) is 3.63. The normalized spacial score (nSPS) is 15.3. The number of rotatable bonds is 3. The molecular formula is C19H20FN5OS. The van der Waals surface area contributed by atoms with Crippen LogP contribution in [0.5, 0.6) is 0 Å². The molecule has 1 amide bonds. The summed E-state index contributed by atoms with van der Waals surface area (Å²) in [5.41, 5.74) is 1.92. The van der Waals surface area contributed by atoms with Crippen molar-refractivity contribution in [2.45, 2.75) is 6.92 Å². The van der Waals surface area contributed by atoms with Gasteiger partial charge in [0.2, 0.25) is 0 Å². The number of carbonyl (C=O) groups excluding carboxylic acids is 1. The zero-order valence-corrected chi connectivity index (χ0v) is 16.0. The molecular weight excluding hydrogens is 365 g/mol.